The highest BCUT2D eigenvalue weighted by Crippen LogP contribution is 2.03. The summed E-state index contributed by atoms with van der Waals surface area (Å²) in [6.45, 7) is 2.08. The molecule has 0 fully saturated rings. The summed E-state index contributed by atoms with van der Waals surface area (Å²) < 4.78 is -0.750. The molecule has 5 heteroatoms. The van der Waals surface area contributed by atoms with Crippen LogP contribution in [0.3, 0.4) is 0 Å². The Morgan fingerprint density at radius 1 is 0.923 bits per heavy atom. The monoisotopic (exact) mass is 282 g/mol. The van der Waals surface area contributed by atoms with Gasteiger partial charge in [-0.15, -0.1) is 24.8 Å². The molecule has 0 aliphatic rings. The Balaban J connectivity index is -0.000000150. The first kappa shape index (κ1) is 19.3. The Morgan fingerprint density at radius 3 is 1.38 bits per heavy atom. The molecule has 0 heterocycles. The zero-order valence-corrected chi connectivity index (χ0v) is 10.8. The van der Waals surface area contributed by atoms with Crippen molar-refractivity contribution in [3.63, 3.8) is 0 Å². The molecule has 0 saturated carbocycles. The fourth-order valence-corrected chi connectivity index (χ4v) is 0.534. The molecule has 1 aromatic carbocycles. The average Bonchev–Trinajstić information content (AvgIpc) is 1.87. The first-order valence-corrected chi connectivity index (χ1v) is 4.37. The van der Waals surface area contributed by atoms with Gasteiger partial charge in [0.15, 0.2) is 4.30 Å². The number of alkyl halides is 3. The number of hydrogen-bond acceptors (Lipinski definition) is 0. The number of rotatable bonds is 0. The molecule has 0 atom stereocenters. The van der Waals surface area contributed by atoms with Gasteiger partial charge in [0.1, 0.15) is 0 Å². The molecular formula is C8H11Cl5. The van der Waals surface area contributed by atoms with Gasteiger partial charge in [-0.3, -0.25) is 0 Å². The number of halogens is 5. The zero-order valence-electron chi connectivity index (χ0n) is 6.91. The molecule has 0 spiro atoms. The van der Waals surface area contributed by atoms with Crippen LogP contribution < -0.4 is 0 Å². The van der Waals surface area contributed by atoms with E-state index in [-0.39, 0.29) is 24.8 Å². The van der Waals surface area contributed by atoms with Gasteiger partial charge in [0.05, 0.1) is 0 Å². The largest absolute Gasteiger partial charge is 0.180 e. The molecule has 0 aliphatic heterocycles. The van der Waals surface area contributed by atoms with Crippen LogP contribution in [0.4, 0.5) is 0 Å². The topological polar surface area (TPSA) is 0 Å². The highest BCUT2D eigenvalue weighted by Gasteiger charge is 1.78. The van der Waals surface area contributed by atoms with E-state index in [4.69, 9.17) is 34.8 Å². The van der Waals surface area contributed by atoms with Gasteiger partial charge >= 0.3 is 0 Å². The van der Waals surface area contributed by atoms with E-state index in [9.17, 15) is 0 Å². The molecular weight excluding hydrogens is 273 g/mol. The van der Waals surface area contributed by atoms with Crippen molar-refractivity contribution in [2.24, 2.45) is 0 Å². The fourth-order valence-electron chi connectivity index (χ4n) is 0.534. The van der Waals surface area contributed by atoms with Crippen molar-refractivity contribution in [1.29, 1.82) is 0 Å². The van der Waals surface area contributed by atoms with Gasteiger partial charge in [0, 0.05) is 0 Å². The molecule has 0 bridgehead atoms. The summed E-state index contributed by atoms with van der Waals surface area (Å²) in [4.78, 5) is 0. The van der Waals surface area contributed by atoms with E-state index in [1.54, 1.807) is 0 Å². The van der Waals surface area contributed by atoms with Crippen LogP contribution in [0, 0.1) is 6.92 Å². The Bertz CT molecular complexity index is 172. The first-order chi connectivity index (χ1) is 5.13. The lowest BCUT2D eigenvalue weighted by Gasteiger charge is -1.82. The van der Waals surface area contributed by atoms with E-state index in [2.05, 4.69) is 19.1 Å². The first-order valence-electron chi connectivity index (χ1n) is 3.07. The molecule has 1 rings (SSSR count). The third-order valence-corrected chi connectivity index (χ3v) is 0.940. The number of hydrogen-bond donors (Lipinski definition) is 0. The summed E-state index contributed by atoms with van der Waals surface area (Å²) in [6.07, 6.45) is 0. The maximum absolute atomic E-state index is 4.81. The zero-order chi connectivity index (χ0) is 8.69. The normalized spacial score (nSPS) is 7.46. The molecule has 13 heavy (non-hydrogen) atoms. The highest BCUT2D eigenvalue weighted by molar-refractivity contribution is 6.63. The quantitative estimate of drug-likeness (QED) is 0.599. The minimum atomic E-state index is -0.750. The maximum Gasteiger partial charge on any atom is 0.180 e. The summed E-state index contributed by atoms with van der Waals surface area (Å²) in [7, 11) is 0. The van der Waals surface area contributed by atoms with Crippen LogP contribution in [0.1, 0.15) is 5.56 Å². The molecule has 0 amide bonds. The highest BCUT2D eigenvalue weighted by atomic mass is 35.6. The third-order valence-electron chi connectivity index (χ3n) is 0.940. The summed E-state index contributed by atoms with van der Waals surface area (Å²) >= 11 is 14.4. The van der Waals surface area contributed by atoms with Crippen molar-refractivity contribution in [3.05, 3.63) is 35.9 Å². The molecule has 78 valence electrons. The van der Waals surface area contributed by atoms with Crippen molar-refractivity contribution in [3.8, 4) is 0 Å². The van der Waals surface area contributed by atoms with Gasteiger partial charge in [-0.2, -0.15) is 0 Å². The van der Waals surface area contributed by atoms with Crippen molar-refractivity contribution >= 4 is 59.6 Å². The van der Waals surface area contributed by atoms with E-state index < -0.39 is 4.30 Å². The van der Waals surface area contributed by atoms with E-state index >= 15 is 0 Å². The van der Waals surface area contributed by atoms with Crippen LogP contribution in [-0.2, 0) is 0 Å². The van der Waals surface area contributed by atoms with Crippen molar-refractivity contribution in [2.45, 2.75) is 11.2 Å². The van der Waals surface area contributed by atoms with Gasteiger partial charge in [-0.05, 0) is 6.92 Å². The van der Waals surface area contributed by atoms with Crippen LogP contribution in [0.25, 0.3) is 0 Å². The van der Waals surface area contributed by atoms with Crippen molar-refractivity contribution < 1.29 is 0 Å². The third kappa shape index (κ3) is 19.2. The molecule has 0 unspecified atom stereocenters. The van der Waals surface area contributed by atoms with Crippen molar-refractivity contribution in [1.82, 2.24) is 0 Å². The molecule has 0 aromatic heterocycles. The molecule has 1 aromatic rings. The van der Waals surface area contributed by atoms with E-state index in [0.29, 0.717) is 0 Å². The number of benzene rings is 1. The smallest absolute Gasteiger partial charge is 0.147 e. The second kappa shape index (κ2) is 12.7. The van der Waals surface area contributed by atoms with Crippen LogP contribution in [0.15, 0.2) is 30.3 Å². The minimum absolute atomic E-state index is 0. The SMILES string of the molecule is Cc1ccccc1.Cl.Cl.ClC(Cl)Cl. The second-order valence-corrected chi connectivity index (χ2v) is 3.88. The predicted molar refractivity (Wildman–Crippen MR) is 67.0 cm³/mol. The van der Waals surface area contributed by atoms with Crippen molar-refractivity contribution in [2.75, 3.05) is 0 Å². The van der Waals surface area contributed by atoms with Crippen LogP contribution in [0.2, 0.25) is 0 Å². The lowest BCUT2D eigenvalue weighted by molar-refractivity contribution is 1.48. The Labute approximate surface area is 106 Å². The van der Waals surface area contributed by atoms with Gasteiger partial charge in [-0.1, -0.05) is 70.7 Å². The minimum Gasteiger partial charge on any atom is -0.147 e. The van der Waals surface area contributed by atoms with Crippen LogP contribution in [-0.4, -0.2) is 4.30 Å². The summed E-state index contributed by atoms with van der Waals surface area (Å²) in [5.41, 5.74) is 1.32. The Kier molecular flexibility index (Phi) is 18.8. The van der Waals surface area contributed by atoms with Gasteiger partial charge in [0.25, 0.3) is 0 Å². The predicted octanol–water partition coefficient (Wildman–Crippen LogP) is 4.83. The van der Waals surface area contributed by atoms with Crippen LogP contribution >= 0.6 is 59.6 Å². The lowest BCUT2D eigenvalue weighted by atomic mass is 10.2. The molecule has 0 N–H and O–H groups in total. The summed E-state index contributed by atoms with van der Waals surface area (Å²) in [5.74, 6) is 0. The Morgan fingerprint density at radius 2 is 1.23 bits per heavy atom. The Hall–Kier alpha value is 0.670. The van der Waals surface area contributed by atoms with Gasteiger partial charge in [-0.25, -0.2) is 0 Å². The van der Waals surface area contributed by atoms with E-state index in [1.165, 1.54) is 5.56 Å². The lowest BCUT2D eigenvalue weighted by Crippen LogP contribution is -1.62. The molecule has 0 nitrogen and oxygen atoms in total. The fraction of sp³-hybridized carbons (Fsp3) is 0.250. The number of aryl methyl sites for hydroxylation is 1. The van der Waals surface area contributed by atoms with Crippen LogP contribution in [0.5, 0.6) is 0 Å². The molecule has 0 saturated heterocycles. The standard InChI is InChI=1S/C7H8.CHCl3.2ClH/c1-7-5-3-2-4-6-7;2-1(3)4;;/h2-6H,1H3;1H;2*1H. The average molecular weight is 284 g/mol. The summed E-state index contributed by atoms with van der Waals surface area (Å²) in [6, 6.07) is 10.3. The summed E-state index contributed by atoms with van der Waals surface area (Å²) in [5, 5.41) is 0. The second-order valence-electron chi connectivity index (χ2n) is 1.90. The molecule has 0 aliphatic carbocycles. The van der Waals surface area contributed by atoms with Gasteiger partial charge < -0.3 is 0 Å². The van der Waals surface area contributed by atoms with E-state index in [0.717, 1.165) is 0 Å². The van der Waals surface area contributed by atoms with E-state index in [1.807, 2.05) is 18.2 Å². The van der Waals surface area contributed by atoms with Gasteiger partial charge in [0.2, 0.25) is 0 Å². The maximum atomic E-state index is 4.81. The molecule has 0 radical (unpaired) electrons.